The number of pyridine rings is 1. The van der Waals surface area contributed by atoms with Crippen LogP contribution in [-0.2, 0) is 11.3 Å². The van der Waals surface area contributed by atoms with E-state index >= 15 is 0 Å². The van der Waals surface area contributed by atoms with Gasteiger partial charge in [0.05, 0.1) is 33.3 Å². The summed E-state index contributed by atoms with van der Waals surface area (Å²) in [5.74, 6) is -1.24. The van der Waals surface area contributed by atoms with Gasteiger partial charge >= 0.3 is 5.97 Å². The summed E-state index contributed by atoms with van der Waals surface area (Å²) in [5.41, 5.74) is 1.53. The largest absolute Gasteiger partial charge is 0.464 e. The summed E-state index contributed by atoms with van der Waals surface area (Å²) in [7, 11) is 1.21. The second kappa shape index (κ2) is 9.89. The number of ether oxygens (including phenoxy) is 1. The number of hydrogen-bond donors (Lipinski definition) is 2. The number of halogens is 3. The number of amides is 1. The Morgan fingerprint density at radius 1 is 0.941 bits per heavy atom. The van der Waals surface area contributed by atoms with E-state index in [0.717, 1.165) is 5.56 Å². The molecule has 1 heterocycles. The fourth-order valence-corrected chi connectivity index (χ4v) is 4.18. The Balaban J connectivity index is 1.82. The van der Waals surface area contributed by atoms with E-state index in [1.54, 1.807) is 12.1 Å². The maximum absolute atomic E-state index is 13.5. The zero-order chi connectivity index (χ0) is 24.4. The summed E-state index contributed by atoms with van der Waals surface area (Å²) in [6, 6.07) is 16.9. The third kappa shape index (κ3) is 4.53. The topological polar surface area (TPSA) is 88.3 Å². The molecule has 3 aromatic carbocycles. The Labute approximate surface area is 209 Å². The van der Waals surface area contributed by atoms with Crippen LogP contribution in [-0.4, -0.2) is 24.0 Å². The van der Waals surface area contributed by atoms with Crippen molar-refractivity contribution in [3.63, 3.8) is 0 Å². The number of methoxy groups -OCH3 is 1. The SMILES string of the molecule is COC(=O)c1[nH]c2c(-c3ccccc3)c(Cl)ccc2c(=O)c1CNC(=O)c1ccc(Cl)c(Cl)c1. The molecule has 2 N–H and O–H groups in total. The van der Waals surface area contributed by atoms with Crippen molar-refractivity contribution in [2.75, 3.05) is 7.11 Å². The van der Waals surface area contributed by atoms with Crippen LogP contribution in [0.25, 0.3) is 22.0 Å². The van der Waals surface area contributed by atoms with Crippen molar-refractivity contribution in [1.29, 1.82) is 0 Å². The van der Waals surface area contributed by atoms with Gasteiger partial charge in [-0.05, 0) is 35.9 Å². The van der Waals surface area contributed by atoms with Gasteiger partial charge in [0.2, 0.25) is 0 Å². The van der Waals surface area contributed by atoms with E-state index in [2.05, 4.69) is 10.3 Å². The van der Waals surface area contributed by atoms with Crippen LogP contribution >= 0.6 is 34.8 Å². The summed E-state index contributed by atoms with van der Waals surface area (Å²) in [6.45, 7) is -0.224. The number of nitrogens with one attached hydrogen (secondary N) is 2. The highest BCUT2D eigenvalue weighted by Gasteiger charge is 2.22. The van der Waals surface area contributed by atoms with Crippen molar-refractivity contribution in [2.24, 2.45) is 0 Å². The predicted molar refractivity (Wildman–Crippen MR) is 134 cm³/mol. The molecule has 0 atom stereocenters. The van der Waals surface area contributed by atoms with Crippen LogP contribution in [0.4, 0.5) is 0 Å². The molecule has 0 bridgehead atoms. The Kier molecular flexibility index (Phi) is 6.93. The lowest BCUT2D eigenvalue weighted by atomic mass is 9.99. The molecule has 1 amide bonds. The van der Waals surface area contributed by atoms with Gasteiger partial charge < -0.3 is 15.0 Å². The van der Waals surface area contributed by atoms with Crippen LogP contribution in [0.3, 0.4) is 0 Å². The number of aromatic amines is 1. The second-order valence-electron chi connectivity index (χ2n) is 7.32. The van der Waals surface area contributed by atoms with Crippen LogP contribution < -0.4 is 10.7 Å². The zero-order valence-corrected chi connectivity index (χ0v) is 20.0. The predicted octanol–water partition coefficient (Wildman–Crippen LogP) is 5.87. The van der Waals surface area contributed by atoms with Gasteiger partial charge in [0.15, 0.2) is 5.43 Å². The molecule has 6 nitrogen and oxygen atoms in total. The first kappa shape index (κ1) is 23.8. The average molecular weight is 516 g/mol. The van der Waals surface area contributed by atoms with E-state index in [1.807, 2.05) is 30.3 Å². The fraction of sp³-hybridized carbons (Fsp3) is 0.0800. The molecule has 0 saturated carbocycles. The van der Waals surface area contributed by atoms with Crippen molar-refractivity contribution in [1.82, 2.24) is 10.3 Å². The Morgan fingerprint density at radius 2 is 1.65 bits per heavy atom. The third-order valence-corrected chi connectivity index (χ3v) is 6.34. The third-order valence-electron chi connectivity index (χ3n) is 5.28. The summed E-state index contributed by atoms with van der Waals surface area (Å²) < 4.78 is 4.89. The minimum Gasteiger partial charge on any atom is -0.464 e. The highest BCUT2D eigenvalue weighted by molar-refractivity contribution is 6.42. The van der Waals surface area contributed by atoms with Crippen molar-refractivity contribution in [3.05, 3.63) is 103 Å². The number of fused-ring (bicyclic) bond motifs is 1. The van der Waals surface area contributed by atoms with Gasteiger partial charge in [-0.1, -0.05) is 65.1 Å². The molecule has 4 rings (SSSR count). The maximum atomic E-state index is 13.5. The van der Waals surface area contributed by atoms with Crippen molar-refractivity contribution in [3.8, 4) is 11.1 Å². The minimum absolute atomic E-state index is 0.0501. The lowest BCUT2D eigenvalue weighted by Crippen LogP contribution is -2.29. The molecule has 9 heteroatoms. The van der Waals surface area contributed by atoms with Crippen LogP contribution in [0.2, 0.25) is 15.1 Å². The van der Waals surface area contributed by atoms with Crippen LogP contribution in [0.15, 0.2) is 65.5 Å². The Morgan fingerprint density at radius 3 is 2.32 bits per heavy atom. The summed E-state index contributed by atoms with van der Waals surface area (Å²) in [6.07, 6.45) is 0. The molecule has 0 aliphatic carbocycles. The first-order valence-corrected chi connectivity index (χ1v) is 11.2. The molecular formula is C25H17Cl3N2O4. The number of esters is 1. The van der Waals surface area contributed by atoms with Crippen molar-refractivity contribution >= 4 is 57.6 Å². The summed E-state index contributed by atoms with van der Waals surface area (Å²) >= 11 is 18.4. The van der Waals surface area contributed by atoms with Gasteiger partial charge in [-0.15, -0.1) is 0 Å². The van der Waals surface area contributed by atoms with Crippen molar-refractivity contribution < 1.29 is 14.3 Å². The number of hydrogen-bond acceptors (Lipinski definition) is 4. The standard InChI is InChI=1S/C25H17Cl3N2O4/c1-34-25(33)22-16(12-29-24(32)14-7-9-17(26)19(28)11-14)23(31)15-8-10-18(27)20(21(15)30-22)13-5-3-2-4-6-13/h2-11H,12H2,1H3,(H,29,32)(H,30,31). The molecular weight excluding hydrogens is 499 g/mol. The number of H-pyrrole nitrogens is 1. The van der Waals surface area contributed by atoms with E-state index in [4.69, 9.17) is 39.5 Å². The quantitative estimate of drug-likeness (QED) is 0.325. The molecule has 0 spiro atoms. The molecule has 172 valence electrons. The monoisotopic (exact) mass is 514 g/mol. The molecule has 0 fully saturated rings. The van der Waals surface area contributed by atoms with E-state index in [1.165, 1.54) is 25.3 Å². The number of benzene rings is 3. The van der Waals surface area contributed by atoms with Gasteiger partial charge in [-0.3, -0.25) is 9.59 Å². The molecule has 4 aromatic rings. The first-order valence-electron chi connectivity index (χ1n) is 10.1. The van der Waals surface area contributed by atoms with E-state index in [0.29, 0.717) is 26.5 Å². The number of rotatable bonds is 5. The van der Waals surface area contributed by atoms with Crippen LogP contribution in [0.1, 0.15) is 26.4 Å². The van der Waals surface area contributed by atoms with Crippen LogP contribution in [0, 0.1) is 0 Å². The van der Waals surface area contributed by atoms with Gasteiger partial charge in [-0.2, -0.15) is 0 Å². The van der Waals surface area contributed by atoms with E-state index in [-0.39, 0.29) is 28.4 Å². The molecule has 0 aliphatic rings. The maximum Gasteiger partial charge on any atom is 0.354 e. The first-order chi connectivity index (χ1) is 16.3. The summed E-state index contributed by atoms with van der Waals surface area (Å²) in [5, 5.41) is 3.90. The van der Waals surface area contributed by atoms with E-state index in [9.17, 15) is 14.4 Å². The number of carbonyl (C=O) groups excluding carboxylic acids is 2. The van der Waals surface area contributed by atoms with Gasteiger partial charge in [0.1, 0.15) is 5.69 Å². The molecule has 0 aliphatic heterocycles. The normalized spacial score (nSPS) is 10.8. The molecule has 1 aromatic heterocycles. The lowest BCUT2D eigenvalue weighted by molar-refractivity contribution is 0.0592. The highest BCUT2D eigenvalue weighted by atomic mass is 35.5. The van der Waals surface area contributed by atoms with Gasteiger partial charge in [0.25, 0.3) is 5.91 Å². The molecule has 34 heavy (non-hydrogen) atoms. The van der Waals surface area contributed by atoms with Crippen molar-refractivity contribution in [2.45, 2.75) is 6.54 Å². The van der Waals surface area contributed by atoms with Gasteiger partial charge in [0, 0.05) is 23.1 Å². The average Bonchev–Trinajstić information content (AvgIpc) is 2.84. The zero-order valence-electron chi connectivity index (χ0n) is 17.7. The molecule has 0 radical (unpaired) electrons. The Bertz CT molecular complexity index is 1480. The number of aromatic nitrogens is 1. The minimum atomic E-state index is -0.753. The number of carbonyl (C=O) groups is 2. The van der Waals surface area contributed by atoms with Gasteiger partial charge in [-0.25, -0.2) is 4.79 Å². The second-order valence-corrected chi connectivity index (χ2v) is 8.54. The lowest BCUT2D eigenvalue weighted by Gasteiger charge is -2.14. The van der Waals surface area contributed by atoms with Crippen LogP contribution in [0.5, 0.6) is 0 Å². The molecule has 0 saturated heterocycles. The van der Waals surface area contributed by atoms with E-state index < -0.39 is 17.3 Å². The smallest absolute Gasteiger partial charge is 0.354 e. The summed E-state index contributed by atoms with van der Waals surface area (Å²) in [4.78, 5) is 41.7. The fourth-order valence-electron chi connectivity index (χ4n) is 3.61. The highest BCUT2D eigenvalue weighted by Crippen LogP contribution is 2.33. The Hall–Kier alpha value is -3.32. The molecule has 0 unspecified atom stereocenters.